The summed E-state index contributed by atoms with van der Waals surface area (Å²) in [5.41, 5.74) is 2.23. The molecule has 20 heteroatoms. The fraction of sp³-hybridized carbons (Fsp3) is 0.587. The van der Waals surface area contributed by atoms with Gasteiger partial charge in [0.1, 0.15) is 23.6 Å². The summed E-state index contributed by atoms with van der Waals surface area (Å²) in [4.78, 5) is 60.5. The van der Waals surface area contributed by atoms with Crippen LogP contribution in [0.1, 0.15) is 110 Å². The summed E-state index contributed by atoms with van der Waals surface area (Å²) >= 11 is 0. The number of carbonyl (C=O) groups excluding carboxylic acids is 3. The second-order valence-corrected chi connectivity index (χ2v) is 19.3. The summed E-state index contributed by atoms with van der Waals surface area (Å²) in [5.74, 6) is 0.154. The van der Waals surface area contributed by atoms with Crippen molar-refractivity contribution in [2.45, 2.75) is 113 Å². The average molecular weight is 914 g/mol. The van der Waals surface area contributed by atoms with Gasteiger partial charge < -0.3 is 19.7 Å². The van der Waals surface area contributed by atoms with Crippen LogP contribution in [0.2, 0.25) is 0 Å². The molecule has 1 aromatic carbocycles. The van der Waals surface area contributed by atoms with Gasteiger partial charge in [-0.3, -0.25) is 38.4 Å². The zero-order chi connectivity index (χ0) is 45.4. The second kappa shape index (κ2) is 17.2. The van der Waals surface area contributed by atoms with Crippen LogP contribution in [-0.4, -0.2) is 120 Å². The number of likely N-dealkylation sites (tertiary alicyclic amines) is 1. The molecule has 350 valence electrons. The number of piperidine rings is 2. The molecule has 2 N–H and O–H groups in total. The molecule has 5 atom stereocenters. The molecule has 17 nitrogen and oxygen atoms in total. The van der Waals surface area contributed by atoms with Crippen molar-refractivity contribution in [2.75, 3.05) is 49.6 Å². The number of nitrogens with one attached hydrogen (secondary N) is 2. The van der Waals surface area contributed by atoms with Crippen LogP contribution in [0, 0.1) is 11.8 Å². The van der Waals surface area contributed by atoms with Gasteiger partial charge in [-0.2, -0.15) is 10.2 Å². The van der Waals surface area contributed by atoms with Crippen LogP contribution in [0.15, 0.2) is 47.7 Å². The van der Waals surface area contributed by atoms with E-state index in [1.54, 1.807) is 22.5 Å². The van der Waals surface area contributed by atoms with E-state index < -0.39 is 42.3 Å². The van der Waals surface area contributed by atoms with Gasteiger partial charge in [0, 0.05) is 58.6 Å². The molecule has 0 radical (unpaired) electrons. The van der Waals surface area contributed by atoms with Crippen molar-refractivity contribution >= 4 is 45.9 Å². The highest BCUT2D eigenvalue weighted by Crippen LogP contribution is 2.45. The number of benzene rings is 1. The van der Waals surface area contributed by atoms with Crippen LogP contribution >= 0.6 is 0 Å². The van der Waals surface area contributed by atoms with E-state index in [1.807, 2.05) is 24.3 Å². The Morgan fingerprint density at radius 3 is 2.59 bits per heavy atom. The number of aromatic nitrogens is 7. The number of rotatable bonds is 12. The van der Waals surface area contributed by atoms with E-state index in [0.29, 0.717) is 43.3 Å². The first-order chi connectivity index (χ1) is 31.9. The Hall–Kier alpha value is -5.60. The molecule has 3 unspecified atom stereocenters. The lowest BCUT2D eigenvalue weighted by molar-refractivity contribution is -0.135. The van der Waals surface area contributed by atoms with E-state index in [1.165, 1.54) is 21.5 Å². The molecular weight excluding hydrogens is 860 g/mol. The number of hydrogen-bond donors (Lipinski definition) is 2. The highest BCUT2D eigenvalue weighted by Gasteiger charge is 2.41. The van der Waals surface area contributed by atoms with Crippen LogP contribution in [-0.2, 0) is 26.1 Å². The number of anilines is 2. The monoisotopic (exact) mass is 913 g/mol. The molecule has 2 aliphatic carbocycles. The van der Waals surface area contributed by atoms with Crippen molar-refractivity contribution in [3.8, 4) is 0 Å². The Morgan fingerprint density at radius 1 is 1.02 bits per heavy atom. The number of morpholine rings is 1. The largest absolute Gasteiger partial charge is 0.375 e. The maximum absolute atomic E-state index is 15.6. The molecule has 8 heterocycles. The number of carbonyl (C=O) groups is 3. The molecular formula is C46H54F3N11O6. The van der Waals surface area contributed by atoms with Gasteiger partial charge in [0.05, 0.1) is 53.8 Å². The van der Waals surface area contributed by atoms with Gasteiger partial charge in [0.2, 0.25) is 11.8 Å². The van der Waals surface area contributed by atoms with Crippen molar-refractivity contribution < 1.29 is 37.0 Å². The fourth-order valence-electron chi connectivity index (χ4n) is 11.6. The van der Waals surface area contributed by atoms with Crippen LogP contribution in [0.3, 0.4) is 0 Å². The molecule has 2 bridgehead atoms. The molecule has 0 spiro atoms. The van der Waals surface area contributed by atoms with Gasteiger partial charge in [-0.05, 0) is 93.2 Å². The van der Waals surface area contributed by atoms with E-state index in [-0.39, 0.29) is 65.7 Å². The predicted octanol–water partition coefficient (Wildman–Crippen LogP) is 5.08. The van der Waals surface area contributed by atoms with E-state index in [2.05, 4.69) is 30.6 Å². The summed E-state index contributed by atoms with van der Waals surface area (Å²) in [6.07, 6.45) is 7.18. The minimum Gasteiger partial charge on any atom is -0.375 e. The zero-order valence-corrected chi connectivity index (χ0v) is 36.7. The maximum Gasteiger partial charge on any atom is 0.329 e. The normalized spacial score (nSPS) is 29.3. The summed E-state index contributed by atoms with van der Waals surface area (Å²) in [5, 5.41) is 13.6. The van der Waals surface area contributed by atoms with E-state index >= 15 is 4.39 Å². The Labute approximate surface area is 377 Å². The smallest absolute Gasteiger partial charge is 0.329 e. The third kappa shape index (κ3) is 7.87. The number of amides is 3. The second-order valence-electron chi connectivity index (χ2n) is 19.3. The topological polar surface area (TPSA) is 175 Å². The van der Waals surface area contributed by atoms with Crippen LogP contribution in [0.25, 0.3) is 16.7 Å². The lowest BCUT2D eigenvalue weighted by Gasteiger charge is -2.40. The SMILES string of the molecule is Cn1c(=O)n(C2CCC(=O)NC2=O)c2cccc([C@H]3C[C@H](COC4CCN(C[C@H]5CC[C@H](n6cc(NC(=O)c7cnn8ccc(N9C[C@H]%10C[C@@H]9CO%10)nc78)c(C(F)F)n6)CC5)CC4F)C3)c21. The Bertz CT molecular complexity index is 2740. The fourth-order valence-corrected chi connectivity index (χ4v) is 11.6. The summed E-state index contributed by atoms with van der Waals surface area (Å²) < 4.78 is 62.4. The Balaban J connectivity index is 0.646. The third-order valence-electron chi connectivity index (χ3n) is 15.2. The van der Waals surface area contributed by atoms with Gasteiger partial charge in [-0.15, -0.1) is 0 Å². The van der Waals surface area contributed by atoms with Crippen molar-refractivity contribution in [3.05, 3.63) is 70.2 Å². The number of alkyl halides is 3. The van der Waals surface area contributed by atoms with Gasteiger partial charge in [-0.1, -0.05) is 12.1 Å². The Morgan fingerprint density at radius 2 is 1.85 bits per heavy atom. The van der Waals surface area contributed by atoms with Crippen molar-refractivity contribution in [3.63, 3.8) is 0 Å². The highest BCUT2D eigenvalue weighted by molar-refractivity contribution is 6.08. The molecule has 5 aromatic rings. The number of imide groups is 1. The minimum absolute atomic E-state index is 0.0391. The van der Waals surface area contributed by atoms with Crippen molar-refractivity contribution in [1.82, 2.24) is 43.7 Å². The first kappa shape index (κ1) is 43.0. The quantitative estimate of drug-likeness (QED) is 0.160. The summed E-state index contributed by atoms with van der Waals surface area (Å²) in [6, 6.07) is 7.03. The molecule has 11 rings (SSSR count). The molecule has 6 aliphatic rings. The van der Waals surface area contributed by atoms with Gasteiger partial charge in [-0.25, -0.2) is 27.5 Å². The Kier molecular flexibility index (Phi) is 11.2. The van der Waals surface area contributed by atoms with Crippen LogP contribution in [0.4, 0.5) is 24.7 Å². The number of nitrogens with zero attached hydrogens (tertiary/aromatic N) is 9. The van der Waals surface area contributed by atoms with Gasteiger partial charge in [0.15, 0.2) is 11.3 Å². The van der Waals surface area contributed by atoms with E-state index in [0.717, 1.165) is 81.5 Å². The number of aryl methyl sites for hydroxylation is 1. The lowest BCUT2D eigenvalue weighted by atomic mass is 9.71. The zero-order valence-electron chi connectivity index (χ0n) is 36.7. The maximum atomic E-state index is 15.6. The molecule has 3 amide bonds. The molecule has 6 fully saturated rings. The molecule has 4 saturated heterocycles. The standard InChI is InChI=1S/C46H54F3N11O6/c1-55-41-31(3-2-4-35(41)60(46(55)64)36-9-10-39(61)53-45(36)63)27-15-26(16-27)23-66-37-11-13-56(21-33(37)47)19-25-5-7-28(8-6-25)59-22-34(40(54-59)42(48)49)51-44(62)32-18-50-58-14-12-38(52-43(32)58)57-20-30-17-29(57)24-65-30/h2-4,12,14,18,22,25-30,33,36-37,42H,5-11,13,15-17,19-21,23-24H2,1H3,(H,51,62)(H,53,61,63)/t25-,26-,27-,28-,29-,30-,33?,36?,37?/m1/s1. The van der Waals surface area contributed by atoms with Gasteiger partial charge in [0.25, 0.3) is 12.3 Å². The predicted molar refractivity (Wildman–Crippen MR) is 234 cm³/mol. The highest BCUT2D eigenvalue weighted by atomic mass is 19.3. The number of imidazole rings is 1. The minimum atomic E-state index is -2.89. The van der Waals surface area contributed by atoms with Gasteiger partial charge >= 0.3 is 5.69 Å². The number of halogens is 3. The van der Waals surface area contributed by atoms with E-state index in [4.69, 9.17) is 14.5 Å². The average Bonchev–Trinajstić information content (AvgIpc) is 4.14. The van der Waals surface area contributed by atoms with Crippen molar-refractivity contribution in [1.29, 1.82) is 0 Å². The van der Waals surface area contributed by atoms with Crippen molar-refractivity contribution in [2.24, 2.45) is 18.9 Å². The molecule has 4 aromatic heterocycles. The summed E-state index contributed by atoms with van der Waals surface area (Å²) in [7, 11) is 1.72. The first-order valence-electron chi connectivity index (χ1n) is 23.4. The van der Waals surface area contributed by atoms with E-state index in [9.17, 15) is 28.0 Å². The number of para-hydroxylation sites is 1. The molecule has 66 heavy (non-hydrogen) atoms. The first-order valence-corrected chi connectivity index (χ1v) is 23.4. The number of hydrogen-bond acceptors (Lipinski definition) is 11. The number of ether oxygens (including phenoxy) is 2. The summed E-state index contributed by atoms with van der Waals surface area (Å²) in [6.45, 7) is 3.62. The third-order valence-corrected chi connectivity index (χ3v) is 15.2. The van der Waals surface area contributed by atoms with Crippen LogP contribution in [0.5, 0.6) is 0 Å². The number of fused-ring (bicyclic) bond motifs is 4. The molecule has 4 aliphatic heterocycles. The molecule has 2 saturated carbocycles. The van der Waals surface area contributed by atoms with Crippen LogP contribution < -0.4 is 21.2 Å². The lowest BCUT2D eigenvalue weighted by Crippen LogP contribution is -2.48.